The Morgan fingerprint density at radius 3 is 1.32 bits per heavy atom. The molecule has 0 heterocycles. The molecule has 0 unspecified atom stereocenters. The van der Waals surface area contributed by atoms with Gasteiger partial charge in [-0.05, 0) is 31.1 Å². The van der Waals surface area contributed by atoms with Crippen LogP contribution in [-0.4, -0.2) is 99.0 Å². The van der Waals surface area contributed by atoms with Crippen molar-refractivity contribution in [3.8, 4) is 0 Å². The van der Waals surface area contributed by atoms with Crippen molar-refractivity contribution in [1.29, 1.82) is 0 Å². The topological polar surface area (TPSA) is 283 Å². The molecule has 0 aliphatic heterocycles. The predicted octanol–water partition coefficient (Wildman–Crippen LogP) is -1.85. The van der Waals surface area contributed by atoms with Crippen LogP contribution in [0.4, 0.5) is 0 Å². The van der Waals surface area contributed by atoms with Gasteiger partial charge < -0.3 is 47.6 Å². The van der Waals surface area contributed by atoms with Crippen molar-refractivity contribution >= 4 is 47.4 Å². The smallest absolute Gasteiger partial charge is 0.325 e. The number of carboxylic acid groups (broad SMARTS) is 3. The van der Waals surface area contributed by atoms with Gasteiger partial charge in [0.2, 0.25) is 29.5 Å². The molecule has 0 aromatic carbocycles. The van der Waals surface area contributed by atoms with Crippen LogP contribution < -0.4 is 32.3 Å². The highest BCUT2D eigenvalue weighted by Crippen LogP contribution is 2.10. The summed E-state index contributed by atoms with van der Waals surface area (Å²) in [6.45, 7) is 10.7. The first kappa shape index (κ1) is 39.7. The van der Waals surface area contributed by atoms with Crippen molar-refractivity contribution < 1.29 is 53.7 Å². The molecule has 0 rings (SSSR count). The second-order valence-corrected chi connectivity index (χ2v) is 11.5. The van der Waals surface area contributed by atoms with Gasteiger partial charge in [0.05, 0.1) is 12.5 Å². The number of rotatable bonds is 19. The maximum Gasteiger partial charge on any atom is 0.325 e. The van der Waals surface area contributed by atoms with E-state index in [0.29, 0.717) is 0 Å². The van der Waals surface area contributed by atoms with Crippen molar-refractivity contribution in [3.63, 3.8) is 0 Å². The number of carboxylic acids is 3. The van der Waals surface area contributed by atoms with Crippen molar-refractivity contribution in [1.82, 2.24) is 26.6 Å². The lowest BCUT2D eigenvalue weighted by molar-refractivity contribution is -0.143. The molecular weight excluding hydrogens is 584 g/mol. The fraction of sp³-hybridized carbons (Fsp3) is 0.704. The summed E-state index contributed by atoms with van der Waals surface area (Å²) in [6.07, 6.45) is -1.42. The molecule has 6 atom stereocenters. The fourth-order valence-corrected chi connectivity index (χ4v) is 3.78. The molecular formula is C27H46N6O11. The fourth-order valence-electron chi connectivity index (χ4n) is 3.78. The van der Waals surface area contributed by atoms with E-state index in [1.165, 1.54) is 6.92 Å². The van der Waals surface area contributed by atoms with Gasteiger partial charge in [0.15, 0.2) is 0 Å². The van der Waals surface area contributed by atoms with Crippen molar-refractivity contribution in [3.05, 3.63) is 0 Å². The van der Waals surface area contributed by atoms with Gasteiger partial charge in [0.1, 0.15) is 30.2 Å². The SMILES string of the molecule is CC(C)[C@H](NC(=O)[C@H](CC(=O)O)NC(=O)[C@@H](NC(=O)[C@@H](NC(=O)[C@@H](N)CCC(=O)O)C(C)C)C(C)C)C(=O)N[C@@H](C)C(=O)O. The molecule has 0 radical (unpaired) electrons. The summed E-state index contributed by atoms with van der Waals surface area (Å²) in [7, 11) is 0. The summed E-state index contributed by atoms with van der Waals surface area (Å²) in [5.74, 6) is -9.89. The second-order valence-electron chi connectivity index (χ2n) is 11.5. The summed E-state index contributed by atoms with van der Waals surface area (Å²) in [4.78, 5) is 98.0. The Morgan fingerprint density at radius 1 is 0.545 bits per heavy atom. The lowest BCUT2D eigenvalue weighted by atomic mass is 9.98. The number of carbonyl (C=O) groups excluding carboxylic acids is 5. The van der Waals surface area contributed by atoms with Crippen LogP contribution in [0.1, 0.15) is 67.7 Å². The van der Waals surface area contributed by atoms with Crippen molar-refractivity contribution in [2.75, 3.05) is 0 Å². The molecule has 0 bridgehead atoms. The third-order valence-electron chi connectivity index (χ3n) is 6.49. The minimum Gasteiger partial charge on any atom is -0.481 e. The standard InChI is InChI=1S/C27H46N6O11/c1-11(2)19(24(40)29-14(7)27(43)44)32-23(39)16(10-18(36)37)30-25(41)20(12(3)4)33-26(42)21(13(5)6)31-22(38)15(28)8-9-17(34)35/h11-16,19-21H,8-10,28H2,1-7H3,(H,29,40)(H,30,41)(H,31,38)(H,32,39)(H,33,42)(H,34,35)(H,36,37)(H,43,44)/t14-,15-,16-,19-,20-,21-/m0/s1. The number of nitrogens with one attached hydrogen (secondary N) is 5. The van der Waals surface area contributed by atoms with E-state index in [1.807, 2.05) is 0 Å². The number of nitrogens with two attached hydrogens (primary N) is 1. The van der Waals surface area contributed by atoms with E-state index >= 15 is 0 Å². The Hall–Kier alpha value is -4.28. The minimum atomic E-state index is -1.68. The van der Waals surface area contributed by atoms with Gasteiger partial charge in [-0.1, -0.05) is 41.5 Å². The minimum absolute atomic E-state index is 0.171. The first-order valence-corrected chi connectivity index (χ1v) is 14.1. The predicted molar refractivity (Wildman–Crippen MR) is 155 cm³/mol. The normalized spacial score (nSPS) is 15.2. The third kappa shape index (κ3) is 13.8. The summed E-state index contributed by atoms with van der Waals surface area (Å²) in [5.41, 5.74) is 5.73. The van der Waals surface area contributed by atoms with Crippen LogP contribution in [0.3, 0.4) is 0 Å². The zero-order valence-electron chi connectivity index (χ0n) is 26.0. The molecule has 17 nitrogen and oxygen atoms in total. The highest BCUT2D eigenvalue weighted by atomic mass is 16.4. The average molecular weight is 631 g/mol. The summed E-state index contributed by atoms with van der Waals surface area (Å²) in [6, 6.07) is -7.91. The largest absolute Gasteiger partial charge is 0.481 e. The molecule has 0 fully saturated rings. The van der Waals surface area contributed by atoms with Gasteiger partial charge in [-0.25, -0.2) is 0 Å². The van der Waals surface area contributed by atoms with E-state index in [9.17, 15) is 43.5 Å². The van der Waals surface area contributed by atoms with Crippen LogP contribution in [-0.2, 0) is 38.4 Å². The molecule has 5 amide bonds. The van der Waals surface area contributed by atoms with Crippen molar-refractivity contribution in [2.24, 2.45) is 23.5 Å². The molecule has 0 saturated heterocycles. The Bertz CT molecular complexity index is 1080. The molecule has 10 N–H and O–H groups in total. The highest BCUT2D eigenvalue weighted by Gasteiger charge is 2.35. The van der Waals surface area contributed by atoms with E-state index in [2.05, 4.69) is 26.6 Å². The van der Waals surface area contributed by atoms with Gasteiger partial charge in [0, 0.05) is 6.42 Å². The number of aliphatic carboxylic acids is 3. The summed E-state index contributed by atoms with van der Waals surface area (Å²) in [5, 5.41) is 39.1. The lowest BCUT2D eigenvalue weighted by Crippen LogP contribution is -2.61. The molecule has 17 heteroatoms. The quantitative estimate of drug-likeness (QED) is 0.0760. The Labute approximate surface area is 255 Å². The molecule has 0 saturated carbocycles. The van der Waals surface area contributed by atoms with Gasteiger partial charge in [-0.15, -0.1) is 0 Å². The molecule has 44 heavy (non-hydrogen) atoms. The number of hydrogen-bond donors (Lipinski definition) is 9. The van der Waals surface area contributed by atoms with Gasteiger partial charge in [-0.3, -0.25) is 38.4 Å². The van der Waals surface area contributed by atoms with Crippen LogP contribution in [0, 0.1) is 17.8 Å². The molecule has 0 aromatic rings. The van der Waals surface area contributed by atoms with E-state index < -0.39 is 108 Å². The van der Waals surface area contributed by atoms with Gasteiger partial charge in [0.25, 0.3) is 0 Å². The van der Waals surface area contributed by atoms with E-state index in [-0.39, 0.29) is 12.8 Å². The van der Waals surface area contributed by atoms with E-state index in [1.54, 1.807) is 41.5 Å². The van der Waals surface area contributed by atoms with Crippen LogP contribution >= 0.6 is 0 Å². The molecule has 0 aromatic heterocycles. The van der Waals surface area contributed by atoms with E-state index in [4.69, 9.17) is 15.9 Å². The number of amides is 5. The van der Waals surface area contributed by atoms with Crippen LogP contribution in [0.15, 0.2) is 0 Å². The molecule has 0 spiro atoms. The monoisotopic (exact) mass is 630 g/mol. The highest BCUT2D eigenvalue weighted by molar-refractivity contribution is 5.97. The summed E-state index contributed by atoms with van der Waals surface area (Å²) < 4.78 is 0. The Morgan fingerprint density at radius 2 is 0.932 bits per heavy atom. The Balaban J connectivity index is 5.84. The zero-order valence-corrected chi connectivity index (χ0v) is 26.0. The third-order valence-corrected chi connectivity index (χ3v) is 6.49. The first-order valence-electron chi connectivity index (χ1n) is 14.1. The molecule has 250 valence electrons. The second kappa shape index (κ2) is 18.4. The summed E-state index contributed by atoms with van der Waals surface area (Å²) >= 11 is 0. The Kier molecular flexibility index (Phi) is 16.6. The van der Waals surface area contributed by atoms with Gasteiger partial charge >= 0.3 is 17.9 Å². The zero-order chi connectivity index (χ0) is 34.5. The van der Waals surface area contributed by atoms with Crippen LogP contribution in [0.5, 0.6) is 0 Å². The first-order chi connectivity index (χ1) is 20.2. The van der Waals surface area contributed by atoms with Crippen LogP contribution in [0.2, 0.25) is 0 Å². The number of carbonyl (C=O) groups is 8. The van der Waals surface area contributed by atoms with Crippen molar-refractivity contribution in [2.45, 2.75) is 104 Å². The van der Waals surface area contributed by atoms with E-state index in [0.717, 1.165) is 0 Å². The molecule has 0 aliphatic rings. The van der Waals surface area contributed by atoms with Gasteiger partial charge in [-0.2, -0.15) is 0 Å². The van der Waals surface area contributed by atoms with Crippen LogP contribution in [0.25, 0.3) is 0 Å². The maximum absolute atomic E-state index is 13.3. The average Bonchev–Trinajstić information content (AvgIpc) is 2.89. The molecule has 0 aliphatic carbocycles. The number of hydrogen-bond acceptors (Lipinski definition) is 9. The maximum atomic E-state index is 13.3. The lowest BCUT2D eigenvalue weighted by Gasteiger charge is -2.29.